The molecule has 3 heterocycles. The van der Waals surface area contributed by atoms with Crippen LogP contribution < -0.4 is 5.73 Å². The minimum atomic E-state index is -4.54. The molecule has 6 nitrogen and oxygen atoms in total. The fourth-order valence-corrected chi connectivity index (χ4v) is 5.20. The fraction of sp³-hybridized carbons (Fsp3) is 0.636. The van der Waals surface area contributed by atoms with E-state index in [-0.39, 0.29) is 0 Å². The monoisotopic (exact) mass is 435 g/mol. The Morgan fingerprint density at radius 1 is 1.19 bits per heavy atom. The van der Waals surface area contributed by atoms with Crippen LogP contribution in [0.1, 0.15) is 36.4 Å². The van der Waals surface area contributed by atoms with Crippen LogP contribution in [-0.4, -0.2) is 53.0 Å². The SMILES string of the molecule is COCCN1CC2C(C1)C2c1cc(-c2cnc(N)c(C(F)(F)F)c2)nn1CC1CCC1. The van der Waals surface area contributed by atoms with Crippen LogP contribution in [0.4, 0.5) is 19.0 Å². The number of aromatic nitrogens is 3. The Hall–Kier alpha value is -2.13. The van der Waals surface area contributed by atoms with Crippen molar-refractivity contribution in [1.82, 2.24) is 19.7 Å². The number of hydrogen-bond acceptors (Lipinski definition) is 5. The van der Waals surface area contributed by atoms with Crippen LogP contribution in [0.5, 0.6) is 0 Å². The van der Waals surface area contributed by atoms with Crippen molar-refractivity contribution < 1.29 is 17.9 Å². The molecule has 2 atom stereocenters. The third-order valence-corrected chi connectivity index (χ3v) is 7.21. The van der Waals surface area contributed by atoms with Gasteiger partial charge in [-0.3, -0.25) is 4.68 Å². The van der Waals surface area contributed by atoms with Crippen molar-refractivity contribution in [3.8, 4) is 11.3 Å². The second kappa shape index (κ2) is 7.78. The summed E-state index contributed by atoms with van der Waals surface area (Å²) in [5, 5.41) is 4.75. The zero-order valence-electron chi connectivity index (χ0n) is 17.6. The molecule has 3 fully saturated rings. The lowest BCUT2D eigenvalue weighted by atomic mass is 9.85. The zero-order chi connectivity index (χ0) is 21.8. The predicted octanol–water partition coefficient (Wildman–Crippen LogP) is 3.64. The molecule has 1 saturated heterocycles. The van der Waals surface area contributed by atoms with E-state index in [0.717, 1.165) is 44.5 Å². The first kappa shape index (κ1) is 20.8. The maximum Gasteiger partial charge on any atom is 0.419 e. The Morgan fingerprint density at radius 2 is 1.94 bits per heavy atom. The normalized spacial score (nSPS) is 26.1. The van der Waals surface area contributed by atoms with Gasteiger partial charge >= 0.3 is 6.18 Å². The topological polar surface area (TPSA) is 69.2 Å². The van der Waals surface area contributed by atoms with Crippen LogP contribution in [0.15, 0.2) is 18.3 Å². The molecule has 1 aliphatic heterocycles. The van der Waals surface area contributed by atoms with Gasteiger partial charge in [0.2, 0.25) is 0 Å². The van der Waals surface area contributed by atoms with Gasteiger partial charge in [0.05, 0.1) is 17.9 Å². The Bertz CT molecular complexity index is 943. The Morgan fingerprint density at radius 3 is 2.55 bits per heavy atom. The van der Waals surface area contributed by atoms with Gasteiger partial charge in [-0.25, -0.2) is 4.98 Å². The molecule has 2 aromatic rings. The lowest BCUT2D eigenvalue weighted by Crippen LogP contribution is -2.28. The van der Waals surface area contributed by atoms with Gasteiger partial charge in [-0.05, 0) is 42.7 Å². The number of methoxy groups -OCH3 is 1. The zero-order valence-corrected chi connectivity index (χ0v) is 17.6. The third kappa shape index (κ3) is 3.93. The van der Waals surface area contributed by atoms with Gasteiger partial charge in [0.25, 0.3) is 0 Å². The summed E-state index contributed by atoms with van der Waals surface area (Å²) in [4.78, 5) is 6.23. The van der Waals surface area contributed by atoms with Crippen LogP contribution in [0.25, 0.3) is 11.3 Å². The molecule has 0 bridgehead atoms. The van der Waals surface area contributed by atoms with Gasteiger partial charge < -0.3 is 15.4 Å². The first-order valence-corrected chi connectivity index (χ1v) is 11.0. The van der Waals surface area contributed by atoms with E-state index in [2.05, 4.69) is 14.6 Å². The molecule has 0 spiro atoms. The summed E-state index contributed by atoms with van der Waals surface area (Å²) in [6.07, 6.45) is 0.486. The molecule has 31 heavy (non-hydrogen) atoms. The van der Waals surface area contributed by atoms with Gasteiger partial charge in [0.1, 0.15) is 5.82 Å². The summed E-state index contributed by atoms with van der Waals surface area (Å²) in [6.45, 7) is 4.61. The number of rotatable bonds is 7. The summed E-state index contributed by atoms with van der Waals surface area (Å²) in [6, 6.07) is 3.05. The third-order valence-electron chi connectivity index (χ3n) is 7.21. The first-order chi connectivity index (χ1) is 14.8. The second-order valence-corrected chi connectivity index (χ2v) is 9.19. The summed E-state index contributed by atoms with van der Waals surface area (Å²) in [7, 11) is 1.72. The number of nitrogens with two attached hydrogens (primary N) is 1. The number of halogens is 3. The number of piperidine rings is 1. The fourth-order valence-electron chi connectivity index (χ4n) is 5.20. The summed E-state index contributed by atoms with van der Waals surface area (Å²) < 4.78 is 47.2. The van der Waals surface area contributed by atoms with E-state index in [1.165, 1.54) is 25.5 Å². The van der Waals surface area contributed by atoms with E-state index >= 15 is 0 Å². The van der Waals surface area contributed by atoms with Gasteiger partial charge in [-0.1, -0.05) is 6.42 Å². The maximum atomic E-state index is 13.3. The molecule has 2 unspecified atom stereocenters. The van der Waals surface area contributed by atoms with Crippen LogP contribution in [0, 0.1) is 17.8 Å². The molecule has 168 valence electrons. The van der Waals surface area contributed by atoms with Crippen molar-refractivity contribution in [3.05, 3.63) is 29.6 Å². The molecular weight excluding hydrogens is 407 g/mol. The van der Waals surface area contributed by atoms with Gasteiger partial charge in [-0.15, -0.1) is 0 Å². The highest BCUT2D eigenvalue weighted by atomic mass is 19.4. The van der Waals surface area contributed by atoms with Gasteiger partial charge in [0, 0.05) is 56.7 Å². The smallest absolute Gasteiger partial charge is 0.383 e. The molecule has 2 aromatic heterocycles. The standard InChI is InChI=1S/C22H28F3N5O/c1-31-6-5-29-11-15-16(12-29)20(15)19-8-18(28-30(19)10-13-3-2-4-13)14-7-17(22(23,24)25)21(26)27-9-14/h7-9,13,15-16,20H,2-6,10-12H2,1H3,(H2,26,27). The van der Waals surface area contributed by atoms with Crippen LogP contribution in [0.3, 0.4) is 0 Å². The number of fused-ring (bicyclic) bond motifs is 1. The summed E-state index contributed by atoms with van der Waals surface area (Å²) >= 11 is 0. The van der Waals surface area contributed by atoms with E-state index in [4.69, 9.17) is 15.6 Å². The number of likely N-dealkylation sites (tertiary alicyclic amines) is 1. The average Bonchev–Trinajstić information content (AvgIpc) is 3.04. The number of nitrogen functional groups attached to an aromatic ring is 1. The molecular formula is C22H28F3N5O. The highest BCUT2D eigenvalue weighted by Gasteiger charge is 2.57. The Balaban J connectivity index is 1.41. The molecule has 2 N–H and O–H groups in total. The van der Waals surface area contributed by atoms with E-state index in [9.17, 15) is 13.2 Å². The molecule has 3 aliphatic rings. The number of anilines is 1. The van der Waals surface area contributed by atoms with Crippen molar-refractivity contribution >= 4 is 5.82 Å². The minimum Gasteiger partial charge on any atom is -0.383 e. The van der Waals surface area contributed by atoms with Crippen molar-refractivity contribution in [2.24, 2.45) is 17.8 Å². The van der Waals surface area contributed by atoms with Crippen LogP contribution >= 0.6 is 0 Å². The number of nitrogens with zero attached hydrogens (tertiary/aromatic N) is 4. The maximum absolute atomic E-state index is 13.3. The average molecular weight is 435 g/mol. The van der Waals surface area contributed by atoms with E-state index in [1.54, 1.807) is 7.11 Å². The number of hydrogen-bond donors (Lipinski definition) is 1. The van der Waals surface area contributed by atoms with Gasteiger partial charge in [-0.2, -0.15) is 18.3 Å². The molecule has 0 aromatic carbocycles. The molecule has 5 rings (SSSR count). The highest BCUT2D eigenvalue weighted by Crippen LogP contribution is 2.58. The quantitative estimate of drug-likeness (QED) is 0.719. The highest BCUT2D eigenvalue weighted by molar-refractivity contribution is 5.63. The molecule has 9 heteroatoms. The van der Waals surface area contributed by atoms with Crippen molar-refractivity contribution in [3.63, 3.8) is 0 Å². The molecule has 0 radical (unpaired) electrons. The van der Waals surface area contributed by atoms with Crippen molar-refractivity contribution in [1.29, 1.82) is 0 Å². The molecule has 2 saturated carbocycles. The van der Waals surface area contributed by atoms with Crippen LogP contribution in [-0.2, 0) is 17.5 Å². The first-order valence-electron chi connectivity index (χ1n) is 11.0. The minimum absolute atomic E-state index is 0.364. The largest absolute Gasteiger partial charge is 0.419 e. The van der Waals surface area contributed by atoms with E-state index in [0.29, 0.717) is 34.9 Å². The molecule has 2 aliphatic carbocycles. The lowest BCUT2D eigenvalue weighted by Gasteiger charge is -2.26. The number of ether oxygens (including phenoxy) is 1. The van der Waals surface area contributed by atoms with Gasteiger partial charge in [0.15, 0.2) is 0 Å². The molecule has 0 amide bonds. The van der Waals surface area contributed by atoms with Crippen LogP contribution in [0.2, 0.25) is 0 Å². The number of alkyl halides is 3. The Kier molecular flexibility index (Phi) is 5.21. The second-order valence-electron chi connectivity index (χ2n) is 9.19. The summed E-state index contributed by atoms with van der Waals surface area (Å²) in [5.74, 6) is 1.73. The van der Waals surface area contributed by atoms with Crippen molar-refractivity contribution in [2.45, 2.75) is 37.9 Å². The lowest BCUT2D eigenvalue weighted by molar-refractivity contribution is -0.137. The summed E-state index contributed by atoms with van der Waals surface area (Å²) in [5.41, 5.74) is 6.65. The van der Waals surface area contributed by atoms with Crippen molar-refractivity contribution in [2.75, 3.05) is 39.1 Å². The van der Waals surface area contributed by atoms with E-state index < -0.39 is 17.6 Å². The number of pyridine rings is 1. The predicted molar refractivity (Wildman–Crippen MR) is 110 cm³/mol. The van der Waals surface area contributed by atoms with E-state index in [1.807, 2.05) is 6.07 Å². The Labute approximate surface area is 179 Å².